The highest BCUT2D eigenvalue weighted by atomic mass is 16.5. The minimum atomic E-state index is -1.52. The molecule has 5 heteroatoms. The number of hydrogen-bond donors (Lipinski definition) is 2. The van der Waals surface area contributed by atoms with Crippen LogP contribution in [0, 0.1) is 5.92 Å². The van der Waals surface area contributed by atoms with Gasteiger partial charge in [-0.25, -0.2) is 4.98 Å². The largest absolute Gasteiger partial charge is 0.494 e. The summed E-state index contributed by atoms with van der Waals surface area (Å²) >= 11 is 0. The molecule has 0 spiro atoms. The first-order valence-corrected chi connectivity index (χ1v) is 4.71. The first kappa shape index (κ1) is 9.49. The van der Waals surface area contributed by atoms with E-state index in [9.17, 15) is 0 Å². The summed E-state index contributed by atoms with van der Waals surface area (Å²) in [5, 5.41) is 18.0. The third-order valence-corrected chi connectivity index (χ3v) is 2.23. The van der Waals surface area contributed by atoms with Crippen LogP contribution in [0.5, 0.6) is 5.88 Å². The van der Waals surface area contributed by atoms with Crippen LogP contribution in [0.3, 0.4) is 0 Å². The quantitative estimate of drug-likeness (QED) is 0.635. The molecule has 2 N–H and O–H groups in total. The number of hydrogen-bond acceptors (Lipinski definition) is 4. The molecule has 74 valence electrons. The average molecular weight is 193 g/mol. The third-order valence-electron chi connectivity index (χ3n) is 2.23. The topological polar surface area (TPSA) is 62.6 Å². The molecular weight excluding hydrogens is 181 g/mol. The number of pyridine rings is 1. The molecular formula is C9H12BNO3. The summed E-state index contributed by atoms with van der Waals surface area (Å²) in [5.74, 6) is 0.954. The van der Waals surface area contributed by atoms with Crippen molar-refractivity contribution in [1.82, 2.24) is 4.98 Å². The van der Waals surface area contributed by atoms with Crippen molar-refractivity contribution in [2.45, 2.75) is 12.8 Å². The van der Waals surface area contributed by atoms with Crippen LogP contribution < -0.4 is 10.2 Å². The Balaban J connectivity index is 2.05. The highest BCUT2D eigenvalue weighted by molar-refractivity contribution is 6.59. The Bertz CT molecular complexity index is 315. The molecule has 0 aromatic carbocycles. The molecule has 2 rings (SSSR count). The number of nitrogens with zero attached hydrogens (tertiary/aromatic N) is 1. The summed E-state index contributed by atoms with van der Waals surface area (Å²) in [5.41, 5.74) is 0.327. The normalized spacial score (nSPS) is 15.3. The lowest BCUT2D eigenvalue weighted by Gasteiger charge is -2.08. The molecule has 14 heavy (non-hydrogen) atoms. The van der Waals surface area contributed by atoms with Gasteiger partial charge < -0.3 is 14.8 Å². The van der Waals surface area contributed by atoms with Crippen LogP contribution in [-0.2, 0) is 0 Å². The van der Waals surface area contributed by atoms with Crippen molar-refractivity contribution >= 4 is 12.6 Å². The van der Waals surface area contributed by atoms with Gasteiger partial charge in [0, 0.05) is 11.7 Å². The first-order valence-electron chi connectivity index (χ1n) is 4.71. The van der Waals surface area contributed by atoms with Crippen LogP contribution in [0.25, 0.3) is 0 Å². The van der Waals surface area contributed by atoms with Crippen molar-refractivity contribution in [2.75, 3.05) is 6.61 Å². The Morgan fingerprint density at radius 1 is 1.50 bits per heavy atom. The van der Waals surface area contributed by atoms with E-state index in [0.29, 0.717) is 23.9 Å². The van der Waals surface area contributed by atoms with Gasteiger partial charge in [0.1, 0.15) is 0 Å². The Morgan fingerprint density at radius 2 is 2.29 bits per heavy atom. The van der Waals surface area contributed by atoms with Crippen LogP contribution in [-0.4, -0.2) is 28.8 Å². The molecule has 0 atom stereocenters. The Labute approximate surface area is 82.7 Å². The molecule has 0 saturated heterocycles. The van der Waals surface area contributed by atoms with E-state index in [-0.39, 0.29) is 0 Å². The summed E-state index contributed by atoms with van der Waals surface area (Å²) < 4.78 is 5.39. The number of aromatic nitrogens is 1. The lowest BCUT2D eigenvalue weighted by molar-refractivity contribution is 0.289. The number of ether oxygens (including phenoxy) is 1. The van der Waals surface area contributed by atoms with Gasteiger partial charge in [-0.15, -0.1) is 0 Å². The van der Waals surface area contributed by atoms with Gasteiger partial charge in [0.25, 0.3) is 0 Å². The van der Waals surface area contributed by atoms with Crippen LogP contribution in [0.4, 0.5) is 0 Å². The summed E-state index contributed by atoms with van der Waals surface area (Å²) in [6.45, 7) is 0.622. The van der Waals surface area contributed by atoms with Gasteiger partial charge in [-0.2, -0.15) is 0 Å². The predicted molar refractivity (Wildman–Crippen MR) is 52.3 cm³/mol. The molecule has 1 aromatic rings. The fourth-order valence-corrected chi connectivity index (χ4v) is 1.20. The van der Waals surface area contributed by atoms with Crippen LogP contribution in [0.1, 0.15) is 12.8 Å². The Hall–Kier alpha value is -1.07. The van der Waals surface area contributed by atoms with Crippen LogP contribution in [0.2, 0.25) is 0 Å². The van der Waals surface area contributed by atoms with Gasteiger partial charge in [0.15, 0.2) is 0 Å². The fraction of sp³-hybridized carbons (Fsp3) is 0.444. The van der Waals surface area contributed by atoms with Crippen LogP contribution >= 0.6 is 0 Å². The van der Waals surface area contributed by atoms with Crippen molar-refractivity contribution in [2.24, 2.45) is 5.92 Å². The molecule has 0 unspecified atom stereocenters. The monoisotopic (exact) mass is 193 g/mol. The third kappa shape index (κ3) is 2.24. The summed E-state index contributed by atoms with van der Waals surface area (Å²) in [4.78, 5) is 3.96. The fourth-order valence-electron chi connectivity index (χ4n) is 1.20. The summed E-state index contributed by atoms with van der Waals surface area (Å²) in [6, 6.07) is 3.25. The van der Waals surface area contributed by atoms with E-state index < -0.39 is 7.12 Å². The molecule has 1 aromatic heterocycles. The van der Waals surface area contributed by atoms with Gasteiger partial charge in [-0.05, 0) is 24.8 Å². The lowest BCUT2D eigenvalue weighted by atomic mass is 9.81. The van der Waals surface area contributed by atoms with Gasteiger partial charge in [-0.1, -0.05) is 6.07 Å². The molecule has 1 aliphatic rings. The van der Waals surface area contributed by atoms with E-state index in [2.05, 4.69) is 4.98 Å². The maximum Gasteiger partial charge on any atom is 0.494 e. The lowest BCUT2D eigenvalue weighted by Crippen LogP contribution is -2.32. The second-order valence-corrected chi connectivity index (χ2v) is 3.53. The van der Waals surface area contributed by atoms with Crippen molar-refractivity contribution in [1.29, 1.82) is 0 Å². The zero-order chi connectivity index (χ0) is 9.97. The van der Waals surface area contributed by atoms with Crippen molar-refractivity contribution in [3.05, 3.63) is 18.3 Å². The Morgan fingerprint density at radius 3 is 2.93 bits per heavy atom. The molecule has 0 radical (unpaired) electrons. The standard InChI is InChI=1S/C9H12BNO3/c12-10(13)8-2-1-5-11-9(8)14-6-7-3-4-7/h1-2,5,7,12-13H,3-4,6H2. The molecule has 4 nitrogen and oxygen atoms in total. The average Bonchev–Trinajstić information content (AvgIpc) is 2.98. The molecule has 1 saturated carbocycles. The molecule has 1 heterocycles. The van der Waals surface area contributed by atoms with E-state index in [0.717, 1.165) is 0 Å². The predicted octanol–water partition coefficient (Wildman–Crippen LogP) is -0.450. The summed E-state index contributed by atoms with van der Waals surface area (Å²) in [6.07, 6.45) is 3.97. The maximum absolute atomic E-state index is 9.02. The zero-order valence-electron chi connectivity index (χ0n) is 7.76. The molecule has 0 amide bonds. The zero-order valence-corrected chi connectivity index (χ0v) is 7.76. The second kappa shape index (κ2) is 3.98. The maximum atomic E-state index is 9.02. The van der Waals surface area contributed by atoms with Crippen molar-refractivity contribution in [3.8, 4) is 5.88 Å². The van der Waals surface area contributed by atoms with E-state index in [1.54, 1.807) is 18.3 Å². The van der Waals surface area contributed by atoms with E-state index in [1.807, 2.05) is 0 Å². The Kier molecular flexibility index (Phi) is 2.70. The molecule has 0 bridgehead atoms. The van der Waals surface area contributed by atoms with E-state index >= 15 is 0 Å². The second-order valence-electron chi connectivity index (χ2n) is 3.53. The first-order chi connectivity index (χ1) is 6.77. The SMILES string of the molecule is OB(O)c1cccnc1OCC1CC1. The highest BCUT2D eigenvalue weighted by Crippen LogP contribution is 2.28. The minimum Gasteiger partial charge on any atom is -0.478 e. The van der Waals surface area contributed by atoms with Gasteiger partial charge in [-0.3, -0.25) is 0 Å². The molecule has 1 aliphatic carbocycles. The van der Waals surface area contributed by atoms with E-state index in [4.69, 9.17) is 14.8 Å². The number of rotatable bonds is 4. The molecule has 0 aliphatic heterocycles. The summed E-state index contributed by atoms with van der Waals surface area (Å²) in [7, 11) is -1.52. The smallest absolute Gasteiger partial charge is 0.478 e. The van der Waals surface area contributed by atoms with Crippen LogP contribution in [0.15, 0.2) is 18.3 Å². The van der Waals surface area contributed by atoms with E-state index in [1.165, 1.54) is 12.8 Å². The van der Waals surface area contributed by atoms with Gasteiger partial charge in [0.2, 0.25) is 5.88 Å². The van der Waals surface area contributed by atoms with Crippen molar-refractivity contribution in [3.63, 3.8) is 0 Å². The van der Waals surface area contributed by atoms with Gasteiger partial charge in [0.05, 0.1) is 6.61 Å². The van der Waals surface area contributed by atoms with Crippen molar-refractivity contribution < 1.29 is 14.8 Å². The molecule has 1 fully saturated rings. The minimum absolute atomic E-state index is 0.327. The highest BCUT2D eigenvalue weighted by Gasteiger charge is 2.24. The van der Waals surface area contributed by atoms with Gasteiger partial charge >= 0.3 is 7.12 Å².